The van der Waals surface area contributed by atoms with E-state index in [9.17, 15) is 49.2 Å². The van der Waals surface area contributed by atoms with E-state index >= 15 is 0 Å². The van der Waals surface area contributed by atoms with Gasteiger partial charge >= 0.3 is 23.9 Å². The molecule has 6 heterocycles. The Morgan fingerprint density at radius 1 is 0.505 bits per heavy atom. The SMILES string of the molecule is COC(=O)CCS.COC(=O)CCS(=O)(=O)c1cccc(OC)c1.COC(=O)CCSc1cccc(OC)c1.COc1cccc(Br)c1.COc1cccc(S(=O)(=O)CCC(=O)N2CC3CCC(C2)N3c2ccc(C#N)cn2)c1.COc1cccc(S(=O)(=O)CCC(=O)O)c1.N#Cc1ccc(N2C3CCC2CNC3)nc1. The summed E-state index contributed by atoms with van der Waals surface area (Å²) in [5.74, 6) is 3.09. The number of benzene rings is 5. The van der Waals surface area contributed by atoms with Crippen molar-refractivity contribution >= 4 is 111 Å². The Bertz CT molecular complexity index is 4570. The summed E-state index contributed by atoms with van der Waals surface area (Å²) in [6.45, 7) is 3.21. The number of carboxylic acids is 1. The number of rotatable bonds is 25. The number of fused-ring (bicyclic) bond motifs is 4. The summed E-state index contributed by atoms with van der Waals surface area (Å²) >= 11 is 8.75. The van der Waals surface area contributed by atoms with Gasteiger partial charge in [0.1, 0.15) is 52.5 Å². The smallest absolute Gasteiger partial charge is 0.306 e. The minimum atomic E-state index is -3.57. The molecule has 5 aromatic carbocycles. The Morgan fingerprint density at radius 3 is 1.26 bits per heavy atom. The summed E-state index contributed by atoms with van der Waals surface area (Å²) in [5.41, 5.74) is 1.15. The number of sulfone groups is 3. The third-order valence-corrected chi connectivity index (χ3v) is 23.9. The van der Waals surface area contributed by atoms with E-state index in [0.717, 1.165) is 64.2 Å². The molecule has 4 aliphatic heterocycles. The topological polar surface area (TPSA) is 377 Å². The second-order valence-electron chi connectivity index (χ2n) is 24.4. The summed E-state index contributed by atoms with van der Waals surface area (Å²) in [6, 6.07) is 46.9. The maximum atomic E-state index is 12.8. The Labute approximate surface area is 667 Å². The number of esters is 3. The second-order valence-corrected chi connectivity index (χ2v) is 33.2. The first-order valence-corrected chi connectivity index (χ1v) is 42.0. The first-order chi connectivity index (χ1) is 53.1. The van der Waals surface area contributed by atoms with Crippen molar-refractivity contribution in [1.29, 1.82) is 10.5 Å². The van der Waals surface area contributed by atoms with E-state index in [1.807, 2.05) is 66.7 Å². The normalized spacial score (nSPS) is 15.5. The quantitative estimate of drug-likeness (QED) is 0.0207. The molecule has 2 N–H and O–H groups in total. The van der Waals surface area contributed by atoms with Crippen LogP contribution in [0.3, 0.4) is 0 Å². The van der Waals surface area contributed by atoms with Gasteiger partial charge in [-0.25, -0.2) is 35.2 Å². The van der Waals surface area contributed by atoms with E-state index in [1.165, 1.54) is 91.9 Å². The number of nitrogens with zero attached hydrogens (tertiary/aromatic N) is 7. The van der Waals surface area contributed by atoms with Crippen molar-refractivity contribution in [3.05, 3.63) is 174 Å². The lowest BCUT2D eigenvalue weighted by molar-refractivity contribution is -0.141. The van der Waals surface area contributed by atoms with Gasteiger partial charge in [-0.15, -0.1) is 11.8 Å². The van der Waals surface area contributed by atoms with Gasteiger partial charge in [-0.3, -0.25) is 24.0 Å². The number of ether oxygens (including phenoxy) is 8. The molecule has 4 saturated heterocycles. The standard InChI is InChI=1S/C22H24N4O4S.C12H14N4.C11H14O5S.C11H14O3S.C10H12O5S.C7H7BrO.C4H8O2S/c1-30-19-3-2-4-20(11-19)31(28,29)10-9-22(27)25-14-17-6-7-18(15-25)26(17)21-8-5-16(12-23)13-24-21;13-5-9-1-4-12(15-6-9)16-10-2-3-11(16)8-14-7-10;1-15-9-4-3-5-10(8-9)17(13,14)7-6-11(12)16-2;1-13-9-4-3-5-10(8-9)15-7-6-11(12)14-2;1-15-8-3-2-4-9(7-8)16(13,14)6-5-10(11)12;1-9-7-4-2-3-6(8)5-7;1-6-4(5)2-3-7/h2-5,8,11,13,17-18H,6-7,9-10,14-15H2,1H3;1,4,6,10-11,14H,2-3,7-8H2;3-5,8H,6-7H2,1-2H3;3-5,8H,6-7H2,1-2H3;2-4,7H,5-6H2,1H3,(H,11,12);2-5H,1H3;7H,2-3H2,1H3. The highest BCUT2D eigenvalue weighted by Gasteiger charge is 2.42. The van der Waals surface area contributed by atoms with Crippen molar-refractivity contribution in [2.45, 2.75) is 102 Å². The molecule has 28 nitrogen and oxygen atoms in total. The molecule has 4 aliphatic rings. The number of carboxylic acid groups (broad SMARTS) is 1. The molecule has 4 bridgehead atoms. The highest BCUT2D eigenvalue weighted by Crippen LogP contribution is 2.35. The van der Waals surface area contributed by atoms with Crippen molar-refractivity contribution in [1.82, 2.24) is 20.2 Å². The van der Waals surface area contributed by atoms with Gasteiger partial charge in [-0.1, -0.05) is 46.3 Å². The van der Waals surface area contributed by atoms with Crippen LogP contribution in [-0.4, -0.2) is 211 Å². The van der Waals surface area contributed by atoms with Crippen molar-refractivity contribution < 1.29 is 92.2 Å². The number of likely N-dealkylation sites (tertiary alicyclic amines) is 1. The molecule has 0 spiro atoms. The lowest BCUT2D eigenvalue weighted by Crippen LogP contribution is -2.55. The third kappa shape index (κ3) is 30.8. The largest absolute Gasteiger partial charge is 0.497 e. The third-order valence-electron chi connectivity index (χ3n) is 17.1. The van der Waals surface area contributed by atoms with Crippen LogP contribution >= 0.6 is 40.3 Å². The second kappa shape index (κ2) is 47.5. The fraction of sp³-hybridized carbons (Fsp3) is 0.390. The zero-order chi connectivity index (χ0) is 81.5. The molecule has 7 aromatic rings. The van der Waals surface area contributed by atoms with E-state index in [0.29, 0.717) is 72.1 Å². The van der Waals surface area contributed by atoms with Crippen LogP contribution in [0.4, 0.5) is 11.6 Å². The number of nitriles is 2. The number of amides is 1. The summed E-state index contributed by atoms with van der Waals surface area (Å²) in [5, 5.41) is 29.6. The number of nitrogens with one attached hydrogen (secondary N) is 1. The molecule has 1 amide bonds. The highest BCUT2D eigenvalue weighted by atomic mass is 79.9. The number of carbonyl (C=O) groups excluding carboxylic acids is 4. The molecule has 4 atom stereocenters. The van der Waals surface area contributed by atoms with Crippen LogP contribution in [0.25, 0.3) is 0 Å². The fourth-order valence-corrected chi connectivity index (χ4v) is 16.5. The molecule has 2 aromatic heterocycles. The summed E-state index contributed by atoms with van der Waals surface area (Å²) in [4.78, 5) is 71.7. The number of carbonyl (C=O) groups is 5. The molecule has 598 valence electrons. The van der Waals surface area contributed by atoms with Crippen LogP contribution in [0, 0.1) is 22.7 Å². The molecule has 0 radical (unpaired) electrons. The Balaban J connectivity index is 0.000000243. The summed E-state index contributed by atoms with van der Waals surface area (Å²) in [6.07, 6.45) is 7.86. The van der Waals surface area contributed by atoms with Crippen LogP contribution < -0.4 is 38.8 Å². The Kier molecular flexibility index (Phi) is 39.3. The number of hydrogen-bond donors (Lipinski definition) is 3. The maximum absolute atomic E-state index is 12.8. The van der Waals surface area contributed by atoms with Gasteiger partial charge < -0.3 is 63.0 Å². The van der Waals surface area contributed by atoms with E-state index < -0.39 is 53.6 Å². The number of pyridine rings is 2. The average Bonchev–Trinajstić information content (AvgIpc) is 1.65. The number of aromatic nitrogens is 2. The lowest BCUT2D eigenvalue weighted by atomic mass is 10.1. The van der Waals surface area contributed by atoms with Gasteiger partial charge in [0, 0.05) is 90.0 Å². The zero-order valence-corrected chi connectivity index (χ0v) is 68.6. The van der Waals surface area contributed by atoms with Crippen molar-refractivity contribution in [2.24, 2.45) is 0 Å². The van der Waals surface area contributed by atoms with Gasteiger partial charge in [-0.05, 0) is 141 Å². The van der Waals surface area contributed by atoms with E-state index in [-0.39, 0.29) is 69.0 Å². The lowest BCUT2D eigenvalue weighted by Gasteiger charge is -2.41. The maximum Gasteiger partial charge on any atom is 0.306 e. The van der Waals surface area contributed by atoms with Gasteiger partial charge in [0.05, 0.1) is 126 Å². The number of anilines is 2. The molecule has 0 saturated carbocycles. The number of aliphatic carboxylic acids is 1. The van der Waals surface area contributed by atoms with E-state index in [1.54, 1.807) is 85.7 Å². The molecule has 11 rings (SSSR count). The number of halogens is 1. The molecule has 4 fully saturated rings. The van der Waals surface area contributed by atoms with Crippen molar-refractivity contribution in [3.63, 3.8) is 0 Å². The van der Waals surface area contributed by atoms with Gasteiger partial charge in [0.25, 0.3) is 0 Å². The fourth-order valence-electron chi connectivity index (χ4n) is 11.3. The monoisotopic (exact) mass is 1690 g/mol. The number of methoxy groups -OCH3 is 8. The summed E-state index contributed by atoms with van der Waals surface area (Å²) < 4.78 is 112. The molecular weight excluding hydrogens is 1600 g/mol. The highest BCUT2D eigenvalue weighted by molar-refractivity contribution is 9.10. The zero-order valence-electron chi connectivity index (χ0n) is 62.8. The van der Waals surface area contributed by atoms with Crippen LogP contribution in [0.1, 0.15) is 68.9 Å². The van der Waals surface area contributed by atoms with Gasteiger partial charge in [0.15, 0.2) is 29.5 Å². The Morgan fingerprint density at radius 2 is 0.883 bits per heavy atom. The van der Waals surface area contributed by atoms with Crippen LogP contribution in [0.2, 0.25) is 0 Å². The molecule has 111 heavy (non-hydrogen) atoms. The van der Waals surface area contributed by atoms with Crippen molar-refractivity contribution in [3.8, 4) is 40.9 Å². The molecular formula is C77H93BrN8O20S5. The van der Waals surface area contributed by atoms with Crippen LogP contribution in [0.5, 0.6) is 28.7 Å². The van der Waals surface area contributed by atoms with E-state index in [2.05, 4.69) is 80.0 Å². The van der Waals surface area contributed by atoms with Gasteiger partial charge in [-0.2, -0.15) is 23.2 Å². The Hall–Kier alpha value is -9.68. The van der Waals surface area contributed by atoms with Crippen LogP contribution in [-0.2, 0) is 67.7 Å². The number of hydrogen-bond acceptors (Lipinski definition) is 28. The number of thioether (sulfide) groups is 1. The first-order valence-electron chi connectivity index (χ1n) is 34.6. The van der Waals surface area contributed by atoms with Crippen molar-refractivity contribution in [2.75, 3.05) is 122 Å². The first kappa shape index (κ1) is 91.9. The molecule has 34 heteroatoms. The average molecular weight is 1690 g/mol. The van der Waals surface area contributed by atoms with E-state index in [4.69, 9.17) is 39.3 Å². The predicted molar refractivity (Wildman–Crippen MR) is 426 cm³/mol. The van der Waals surface area contributed by atoms with Gasteiger partial charge in [0.2, 0.25) is 5.91 Å². The minimum absolute atomic E-state index is 0.0475. The molecule has 4 unspecified atom stereocenters. The summed E-state index contributed by atoms with van der Waals surface area (Å²) in [7, 11) is 1.06. The minimum Gasteiger partial charge on any atom is -0.497 e. The molecule has 0 aliphatic carbocycles. The number of thiol groups is 1. The van der Waals surface area contributed by atoms with Crippen LogP contribution in [0.15, 0.2) is 182 Å². The number of piperazine rings is 2. The predicted octanol–water partition coefficient (Wildman–Crippen LogP) is 10.2.